The predicted octanol–water partition coefficient (Wildman–Crippen LogP) is 1.21. The van der Waals surface area contributed by atoms with Crippen LogP contribution in [0, 0.1) is 6.92 Å². The number of thioether (sulfide) groups is 1. The Morgan fingerprint density at radius 1 is 1.69 bits per heavy atom. The van der Waals surface area contributed by atoms with Gasteiger partial charge in [-0.2, -0.15) is 0 Å². The van der Waals surface area contributed by atoms with E-state index in [-0.39, 0.29) is 0 Å². The topological polar surface area (TPSA) is 46.0 Å². The van der Waals surface area contributed by atoms with Crippen molar-refractivity contribution in [1.29, 1.82) is 0 Å². The summed E-state index contributed by atoms with van der Waals surface area (Å²) in [6.45, 7) is 1.14. The molecule has 1 aromatic heterocycles. The van der Waals surface area contributed by atoms with Crippen molar-refractivity contribution in [2.45, 2.75) is 18.2 Å². The number of rotatable bonds is 4. The van der Waals surface area contributed by atoms with Crippen molar-refractivity contribution in [1.82, 2.24) is 9.97 Å². The van der Waals surface area contributed by atoms with Crippen LogP contribution in [0.5, 0.6) is 0 Å². The van der Waals surface area contributed by atoms with Crippen LogP contribution in [-0.2, 0) is 0 Å². The van der Waals surface area contributed by atoms with E-state index in [1.165, 1.54) is 11.8 Å². The lowest BCUT2D eigenvalue weighted by Gasteiger charge is -2.03. The average Bonchev–Trinajstić information content (AvgIpc) is 2.14. The van der Waals surface area contributed by atoms with Gasteiger partial charge in [-0.15, -0.1) is 0 Å². The standard InChI is InChI=1S/C8H11FN2OS/c1-6-2-3-10-8(11-6)13-5-7(12)4-9/h2-3,7,12H,4-5H2,1H3. The SMILES string of the molecule is Cc1ccnc(SCC(O)CF)n1. The maximum atomic E-state index is 11.9. The molecule has 0 aliphatic carbocycles. The molecule has 5 heteroatoms. The summed E-state index contributed by atoms with van der Waals surface area (Å²) in [6, 6.07) is 1.79. The summed E-state index contributed by atoms with van der Waals surface area (Å²) < 4.78 is 11.9. The number of aliphatic hydroxyl groups is 1. The first kappa shape index (κ1) is 10.4. The van der Waals surface area contributed by atoms with Crippen molar-refractivity contribution in [3.05, 3.63) is 18.0 Å². The summed E-state index contributed by atoms with van der Waals surface area (Å²) in [6.07, 6.45) is 0.723. The van der Waals surface area contributed by atoms with Crippen LogP contribution in [0.1, 0.15) is 5.69 Å². The van der Waals surface area contributed by atoms with Gasteiger partial charge in [0.05, 0.1) is 6.10 Å². The molecule has 1 aromatic rings. The van der Waals surface area contributed by atoms with Crippen LogP contribution in [0.3, 0.4) is 0 Å². The normalized spacial score (nSPS) is 12.8. The van der Waals surface area contributed by atoms with Gasteiger partial charge in [-0.1, -0.05) is 11.8 Å². The van der Waals surface area contributed by atoms with E-state index in [0.717, 1.165) is 5.69 Å². The molecule has 3 nitrogen and oxygen atoms in total. The molecule has 0 saturated carbocycles. The van der Waals surface area contributed by atoms with Gasteiger partial charge in [-0.25, -0.2) is 14.4 Å². The average molecular weight is 202 g/mol. The zero-order valence-electron chi connectivity index (χ0n) is 7.27. The van der Waals surface area contributed by atoms with Gasteiger partial charge in [-0.05, 0) is 13.0 Å². The highest BCUT2D eigenvalue weighted by molar-refractivity contribution is 7.99. The Bertz CT molecular complexity index is 272. The fraction of sp³-hybridized carbons (Fsp3) is 0.500. The monoisotopic (exact) mass is 202 g/mol. The van der Waals surface area contributed by atoms with Gasteiger partial charge in [-0.3, -0.25) is 0 Å². The van der Waals surface area contributed by atoms with Crippen molar-refractivity contribution in [2.24, 2.45) is 0 Å². The molecule has 0 aliphatic heterocycles. The van der Waals surface area contributed by atoms with Crippen LogP contribution in [-0.4, -0.2) is 33.6 Å². The predicted molar refractivity (Wildman–Crippen MR) is 49.5 cm³/mol. The van der Waals surface area contributed by atoms with E-state index in [0.29, 0.717) is 10.9 Å². The lowest BCUT2D eigenvalue weighted by Crippen LogP contribution is -2.12. The number of hydrogen-bond donors (Lipinski definition) is 1. The molecule has 0 saturated heterocycles. The maximum absolute atomic E-state index is 11.9. The first-order chi connectivity index (χ1) is 6.22. The Morgan fingerprint density at radius 3 is 3.08 bits per heavy atom. The number of hydrogen-bond acceptors (Lipinski definition) is 4. The minimum absolute atomic E-state index is 0.292. The summed E-state index contributed by atoms with van der Waals surface area (Å²) in [5, 5.41) is 9.51. The molecular weight excluding hydrogens is 191 g/mol. The molecule has 1 heterocycles. The van der Waals surface area contributed by atoms with E-state index < -0.39 is 12.8 Å². The van der Waals surface area contributed by atoms with Crippen molar-refractivity contribution in [2.75, 3.05) is 12.4 Å². The Morgan fingerprint density at radius 2 is 2.46 bits per heavy atom. The Balaban J connectivity index is 2.45. The van der Waals surface area contributed by atoms with Gasteiger partial charge in [0.15, 0.2) is 5.16 Å². The van der Waals surface area contributed by atoms with E-state index in [4.69, 9.17) is 5.11 Å². The molecule has 0 aliphatic rings. The molecule has 72 valence electrons. The number of aryl methyl sites for hydroxylation is 1. The van der Waals surface area contributed by atoms with Crippen molar-refractivity contribution < 1.29 is 9.50 Å². The van der Waals surface area contributed by atoms with Gasteiger partial charge < -0.3 is 5.11 Å². The van der Waals surface area contributed by atoms with Crippen molar-refractivity contribution in [3.63, 3.8) is 0 Å². The summed E-state index contributed by atoms with van der Waals surface area (Å²) >= 11 is 1.26. The van der Waals surface area contributed by atoms with Gasteiger partial charge in [0, 0.05) is 17.6 Å². The van der Waals surface area contributed by atoms with E-state index in [1.807, 2.05) is 6.92 Å². The lowest BCUT2D eigenvalue weighted by molar-refractivity contribution is 0.162. The zero-order valence-corrected chi connectivity index (χ0v) is 8.09. The second-order valence-corrected chi connectivity index (χ2v) is 3.59. The molecule has 0 radical (unpaired) electrons. The molecule has 0 amide bonds. The fourth-order valence-electron chi connectivity index (χ4n) is 0.711. The highest BCUT2D eigenvalue weighted by atomic mass is 32.2. The fourth-order valence-corrected chi connectivity index (χ4v) is 1.49. The first-order valence-electron chi connectivity index (χ1n) is 3.89. The minimum atomic E-state index is -0.922. The quantitative estimate of drug-likeness (QED) is 0.589. The van der Waals surface area contributed by atoms with Gasteiger partial charge in [0.2, 0.25) is 0 Å². The summed E-state index contributed by atoms with van der Waals surface area (Å²) in [7, 11) is 0. The highest BCUT2D eigenvalue weighted by Gasteiger charge is 2.05. The Hall–Kier alpha value is -0.680. The van der Waals surface area contributed by atoms with Crippen LogP contribution < -0.4 is 0 Å². The lowest BCUT2D eigenvalue weighted by atomic mass is 10.5. The molecule has 0 bridgehead atoms. The second kappa shape index (κ2) is 5.14. The Labute approximate surface area is 80.4 Å². The summed E-state index contributed by atoms with van der Waals surface area (Å²) in [5.41, 5.74) is 0.868. The molecular formula is C8H11FN2OS. The highest BCUT2D eigenvalue weighted by Crippen LogP contribution is 2.13. The van der Waals surface area contributed by atoms with Crippen molar-refractivity contribution in [3.8, 4) is 0 Å². The molecule has 0 spiro atoms. The minimum Gasteiger partial charge on any atom is -0.390 e. The van der Waals surface area contributed by atoms with E-state index >= 15 is 0 Å². The van der Waals surface area contributed by atoms with Gasteiger partial charge in [0.25, 0.3) is 0 Å². The molecule has 13 heavy (non-hydrogen) atoms. The molecule has 1 N–H and O–H groups in total. The third-order valence-electron chi connectivity index (χ3n) is 1.36. The van der Waals surface area contributed by atoms with Crippen LogP contribution in [0.25, 0.3) is 0 Å². The van der Waals surface area contributed by atoms with E-state index in [2.05, 4.69) is 9.97 Å². The third kappa shape index (κ3) is 3.69. The number of halogens is 1. The van der Waals surface area contributed by atoms with Crippen LogP contribution in [0.2, 0.25) is 0 Å². The van der Waals surface area contributed by atoms with Crippen molar-refractivity contribution >= 4 is 11.8 Å². The molecule has 1 unspecified atom stereocenters. The molecule has 0 aromatic carbocycles. The second-order valence-electron chi connectivity index (χ2n) is 2.60. The maximum Gasteiger partial charge on any atom is 0.187 e. The zero-order chi connectivity index (χ0) is 9.68. The number of alkyl halides is 1. The van der Waals surface area contributed by atoms with Gasteiger partial charge in [0.1, 0.15) is 6.67 Å². The summed E-state index contributed by atoms with van der Waals surface area (Å²) in [5.74, 6) is 0.292. The third-order valence-corrected chi connectivity index (χ3v) is 2.36. The summed E-state index contributed by atoms with van der Waals surface area (Å²) in [4.78, 5) is 8.06. The molecule has 0 fully saturated rings. The first-order valence-corrected chi connectivity index (χ1v) is 4.87. The van der Waals surface area contributed by atoms with E-state index in [1.54, 1.807) is 12.3 Å². The van der Waals surface area contributed by atoms with E-state index in [9.17, 15) is 4.39 Å². The Kier molecular flexibility index (Phi) is 4.11. The number of nitrogens with zero attached hydrogens (tertiary/aromatic N) is 2. The van der Waals surface area contributed by atoms with Crippen LogP contribution in [0.15, 0.2) is 17.4 Å². The van der Waals surface area contributed by atoms with Crippen LogP contribution in [0.4, 0.5) is 4.39 Å². The largest absolute Gasteiger partial charge is 0.390 e. The number of aromatic nitrogens is 2. The molecule has 1 atom stereocenters. The molecule has 1 rings (SSSR count). The smallest absolute Gasteiger partial charge is 0.187 e. The number of aliphatic hydroxyl groups excluding tert-OH is 1. The van der Waals surface area contributed by atoms with Crippen LogP contribution >= 0.6 is 11.8 Å². The van der Waals surface area contributed by atoms with Gasteiger partial charge >= 0.3 is 0 Å².